The SMILES string of the molecule is Nc1nc(N2CCC(NC(=O)c3cnn4c3CCCC4)CC2)cc(=O)[nH]1. The molecule has 2 aromatic rings. The van der Waals surface area contributed by atoms with Crippen LogP contribution in [0.1, 0.15) is 41.7 Å². The first-order chi connectivity index (χ1) is 12.6. The predicted octanol–water partition coefficient (Wildman–Crippen LogP) is 0.284. The van der Waals surface area contributed by atoms with E-state index in [2.05, 4.69) is 20.4 Å². The second-order valence-corrected chi connectivity index (χ2v) is 6.91. The van der Waals surface area contributed by atoms with Crippen molar-refractivity contribution in [3.8, 4) is 0 Å². The molecule has 2 aliphatic heterocycles. The Morgan fingerprint density at radius 3 is 2.85 bits per heavy atom. The smallest absolute Gasteiger partial charge is 0.254 e. The average molecular weight is 357 g/mol. The lowest BCUT2D eigenvalue weighted by molar-refractivity contribution is 0.0929. The van der Waals surface area contributed by atoms with Crippen molar-refractivity contribution in [3.63, 3.8) is 0 Å². The summed E-state index contributed by atoms with van der Waals surface area (Å²) in [6.07, 6.45) is 6.42. The summed E-state index contributed by atoms with van der Waals surface area (Å²) >= 11 is 0. The zero-order valence-electron chi connectivity index (χ0n) is 14.6. The summed E-state index contributed by atoms with van der Waals surface area (Å²) in [6.45, 7) is 2.33. The fourth-order valence-electron chi connectivity index (χ4n) is 3.75. The minimum atomic E-state index is -0.256. The molecule has 0 atom stereocenters. The van der Waals surface area contributed by atoms with E-state index in [-0.39, 0.29) is 23.5 Å². The Kier molecular flexibility index (Phi) is 4.36. The molecule has 0 spiro atoms. The number of hydrogen-bond donors (Lipinski definition) is 3. The molecule has 4 heterocycles. The summed E-state index contributed by atoms with van der Waals surface area (Å²) < 4.78 is 1.95. The maximum atomic E-state index is 12.6. The quantitative estimate of drug-likeness (QED) is 0.725. The van der Waals surface area contributed by atoms with Gasteiger partial charge in [0.15, 0.2) is 0 Å². The molecule has 0 radical (unpaired) electrons. The van der Waals surface area contributed by atoms with Crippen molar-refractivity contribution in [1.82, 2.24) is 25.1 Å². The minimum absolute atomic E-state index is 0.0369. The van der Waals surface area contributed by atoms with E-state index >= 15 is 0 Å². The highest BCUT2D eigenvalue weighted by Gasteiger charge is 2.25. The number of H-pyrrole nitrogens is 1. The van der Waals surface area contributed by atoms with Gasteiger partial charge in [-0.3, -0.25) is 19.3 Å². The number of carbonyl (C=O) groups is 1. The van der Waals surface area contributed by atoms with E-state index in [0.717, 1.165) is 44.3 Å². The Balaban J connectivity index is 1.37. The molecule has 0 saturated carbocycles. The van der Waals surface area contributed by atoms with Crippen molar-refractivity contribution in [2.45, 2.75) is 44.7 Å². The second kappa shape index (κ2) is 6.81. The third kappa shape index (κ3) is 3.29. The number of piperidine rings is 1. The molecule has 2 aromatic heterocycles. The highest BCUT2D eigenvalue weighted by atomic mass is 16.1. The normalized spacial score (nSPS) is 17.8. The van der Waals surface area contributed by atoms with Gasteiger partial charge in [0.25, 0.3) is 11.5 Å². The molecule has 4 rings (SSSR count). The highest BCUT2D eigenvalue weighted by molar-refractivity contribution is 5.95. The van der Waals surface area contributed by atoms with Crippen molar-refractivity contribution in [2.24, 2.45) is 0 Å². The van der Waals surface area contributed by atoms with Crippen LogP contribution in [0.25, 0.3) is 0 Å². The molecule has 138 valence electrons. The summed E-state index contributed by atoms with van der Waals surface area (Å²) in [5.74, 6) is 0.667. The van der Waals surface area contributed by atoms with E-state index in [1.165, 1.54) is 6.07 Å². The summed E-state index contributed by atoms with van der Waals surface area (Å²) in [6, 6.07) is 1.56. The number of carbonyl (C=O) groups excluding carboxylic acids is 1. The Morgan fingerprint density at radius 2 is 2.08 bits per heavy atom. The lowest BCUT2D eigenvalue weighted by atomic mass is 10.0. The lowest BCUT2D eigenvalue weighted by Gasteiger charge is -2.33. The van der Waals surface area contributed by atoms with Crippen LogP contribution in [-0.4, -0.2) is 44.8 Å². The topological polar surface area (TPSA) is 122 Å². The summed E-state index contributed by atoms with van der Waals surface area (Å²) in [7, 11) is 0. The van der Waals surface area contributed by atoms with E-state index < -0.39 is 0 Å². The van der Waals surface area contributed by atoms with Gasteiger partial charge in [0.2, 0.25) is 5.95 Å². The van der Waals surface area contributed by atoms with Gasteiger partial charge in [0, 0.05) is 31.7 Å². The van der Waals surface area contributed by atoms with Crippen LogP contribution in [0.2, 0.25) is 0 Å². The third-order valence-electron chi connectivity index (χ3n) is 5.13. The minimum Gasteiger partial charge on any atom is -0.369 e. The van der Waals surface area contributed by atoms with Crippen molar-refractivity contribution in [3.05, 3.63) is 33.9 Å². The number of aromatic nitrogens is 4. The van der Waals surface area contributed by atoms with Crippen LogP contribution in [0.4, 0.5) is 11.8 Å². The van der Waals surface area contributed by atoms with E-state index in [4.69, 9.17) is 5.73 Å². The molecule has 1 saturated heterocycles. The van der Waals surface area contributed by atoms with Gasteiger partial charge in [-0.05, 0) is 32.1 Å². The van der Waals surface area contributed by atoms with Crippen LogP contribution in [-0.2, 0) is 13.0 Å². The number of nitrogen functional groups attached to an aromatic ring is 1. The number of aromatic amines is 1. The lowest BCUT2D eigenvalue weighted by Crippen LogP contribution is -2.45. The van der Waals surface area contributed by atoms with Crippen molar-refractivity contribution in [2.75, 3.05) is 23.7 Å². The van der Waals surface area contributed by atoms with Gasteiger partial charge in [-0.25, -0.2) is 0 Å². The summed E-state index contributed by atoms with van der Waals surface area (Å²) in [4.78, 5) is 32.8. The van der Waals surface area contributed by atoms with Gasteiger partial charge in [0.1, 0.15) is 5.82 Å². The predicted molar refractivity (Wildman–Crippen MR) is 97.1 cm³/mol. The van der Waals surface area contributed by atoms with Crippen LogP contribution < -0.4 is 21.5 Å². The third-order valence-corrected chi connectivity index (χ3v) is 5.13. The first kappa shape index (κ1) is 16.6. The van der Waals surface area contributed by atoms with Crippen LogP contribution in [0.3, 0.4) is 0 Å². The fourth-order valence-corrected chi connectivity index (χ4v) is 3.75. The fraction of sp³-hybridized carbons (Fsp3) is 0.529. The molecular formula is C17H23N7O2. The number of nitrogens with one attached hydrogen (secondary N) is 2. The van der Waals surface area contributed by atoms with Gasteiger partial charge < -0.3 is 16.0 Å². The molecule has 0 aromatic carbocycles. The molecule has 9 nitrogen and oxygen atoms in total. The Morgan fingerprint density at radius 1 is 1.27 bits per heavy atom. The van der Waals surface area contributed by atoms with Crippen LogP contribution in [0.15, 0.2) is 17.1 Å². The van der Waals surface area contributed by atoms with E-state index in [9.17, 15) is 9.59 Å². The zero-order valence-corrected chi connectivity index (χ0v) is 14.6. The maximum Gasteiger partial charge on any atom is 0.254 e. The van der Waals surface area contributed by atoms with E-state index in [0.29, 0.717) is 24.5 Å². The molecule has 26 heavy (non-hydrogen) atoms. The number of hydrogen-bond acceptors (Lipinski definition) is 6. The monoisotopic (exact) mass is 357 g/mol. The molecule has 0 aliphatic carbocycles. The van der Waals surface area contributed by atoms with Gasteiger partial charge in [0.05, 0.1) is 17.5 Å². The Hall–Kier alpha value is -2.84. The number of fused-ring (bicyclic) bond motifs is 1. The summed E-state index contributed by atoms with van der Waals surface area (Å²) in [5.41, 5.74) is 7.11. The molecule has 0 unspecified atom stereocenters. The molecule has 9 heteroatoms. The number of aryl methyl sites for hydroxylation is 1. The molecular weight excluding hydrogens is 334 g/mol. The molecule has 4 N–H and O–H groups in total. The molecule has 1 amide bonds. The first-order valence-electron chi connectivity index (χ1n) is 9.07. The number of nitrogens with zero attached hydrogens (tertiary/aromatic N) is 4. The van der Waals surface area contributed by atoms with Crippen molar-refractivity contribution < 1.29 is 4.79 Å². The van der Waals surface area contributed by atoms with Crippen LogP contribution >= 0.6 is 0 Å². The maximum absolute atomic E-state index is 12.6. The van der Waals surface area contributed by atoms with Gasteiger partial charge in [-0.1, -0.05) is 0 Å². The number of rotatable bonds is 3. The van der Waals surface area contributed by atoms with E-state index in [1.54, 1.807) is 6.20 Å². The Labute approximate surface area is 150 Å². The molecule has 1 fully saturated rings. The zero-order chi connectivity index (χ0) is 18.1. The number of amides is 1. The van der Waals surface area contributed by atoms with Crippen LogP contribution in [0, 0.1) is 0 Å². The van der Waals surface area contributed by atoms with Crippen molar-refractivity contribution >= 4 is 17.7 Å². The van der Waals surface area contributed by atoms with E-state index in [1.807, 2.05) is 9.58 Å². The van der Waals surface area contributed by atoms with Gasteiger partial charge in [-0.2, -0.15) is 10.1 Å². The summed E-state index contributed by atoms with van der Waals surface area (Å²) in [5, 5.41) is 7.47. The number of anilines is 2. The standard InChI is InChI=1S/C17H23N7O2/c18-17-21-14(9-15(25)22-17)23-7-4-11(5-8-23)20-16(26)12-10-19-24-6-2-1-3-13(12)24/h9-11H,1-8H2,(H,20,26)(H3,18,21,22,25). The highest BCUT2D eigenvalue weighted by Crippen LogP contribution is 2.20. The molecule has 0 bridgehead atoms. The molecule has 2 aliphatic rings. The van der Waals surface area contributed by atoms with Gasteiger partial charge in [-0.15, -0.1) is 0 Å². The average Bonchev–Trinajstić information content (AvgIpc) is 3.06. The van der Waals surface area contributed by atoms with Gasteiger partial charge >= 0.3 is 0 Å². The first-order valence-corrected chi connectivity index (χ1v) is 9.07. The second-order valence-electron chi connectivity index (χ2n) is 6.91. The largest absolute Gasteiger partial charge is 0.369 e. The van der Waals surface area contributed by atoms with Crippen LogP contribution in [0.5, 0.6) is 0 Å². The Bertz CT molecular complexity index is 864. The van der Waals surface area contributed by atoms with Crippen molar-refractivity contribution in [1.29, 1.82) is 0 Å². The number of nitrogens with two attached hydrogens (primary N) is 1.